The van der Waals surface area contributed by atoms with E-state index in [0.29, 0.717) is 12.4 Å². The molecule has 1 atom stereocenters. The van der Waals surface area contributed by atoms with Crippen molar-refractivity contribution >= 4 is 11.0 Å². The van der Waals surface area contributed by atoms with Gasteiger partial charge in [0.2, 0.25) is 0 Å². The second-order valence-electron chi connectivity index (χ2n) is 8.91. The Balaban J connectivity index is 1.30. The summed E-state index contributed by atoms with van der Waals surface area (Å²) in [5.74, 6) is -0.0364. The fraction of sp³-hybridized carbons (Fsp3) is 0.296. The summed E-state index contributed by atoms with van der Waals surface area (Å²) in [6.07, 6.45) is 1.72. The van der Waals surface area contributed by atoms with Gasteiger partial charge in [-0.2, -0.15) is 0 Å². The first-order chi connectivity index (χ1) is 15.9. The number of aryl methyl sites for hydroxylation is 1. The van der Waals surface area contributed by atoms with Gasteiger partial charge in [-0.05, 0) is 50.1 Å². The molecule has 172 valence electrons. The van der Waals surface area contributed by atoms with Crippen molar-refractivity contribution in [3.05, 3.63) is 96.1 Å². The number of hydrogen-bond donors (Lipinski definition) is 2. The lowest BCUT2D eigenvalue weighted by Crippen LogP contribution is -2.42. The van der Waals surface area contributed by atoms with Crippen LogP contribution in [-0.4, -0.2) is 26.7 Å². The predicted octanol–water partition coefficient (Wildman–Crippen LogP) is 5.25. The van der Waals surface area contributed by atoms with Gasteiger partial charge in [0, 0.05) is 30.3 Å². The molecule has 0 amide bonds. The van der Waals surface area contributed by atoms with E-state index < -0.39 is 11.9 Å². The van der Waals surface area contributed by atoms with Gasteiger partial charge in [-0.3, -0.25) is 0 Å². The predicted molar refractivity (Wildman–Crippen MR) is 129 cm³/mol. The number of aliphatic hydroxyl groups is 1. The minimum atomic E-state index is -0.957. The van der Waals surface area contributed by atoms with E-state index in [0.717, 1.165) is 29.6 Å². The van der Waals surface area contributed by atoms with Crippen molar-refractivity contribution in [2.75, 3.05) is 6.54 Å². The van der Waals surface area contributed by atoms with E-state index in [9.17, 15) is 9.50 Å². The summed E-state index contributed by atoms with van der Waals surface area (Å²) in [4.78, 5) is 4.43. The van der Waals surface area contributed by atoms with Gasteiger partial charge in [0.05, 0.1) is 23.5 Å². The lowest BCUT2D eigenvalue weighted by atomic mass is 9.99. The topological polar surface area (TPSA) is 59.3 Å². The molecule has 0 aliphatic carbocycles. The quantitative estimate of drug-likeness (QED) is 0.349. The number of fused-ring (bicyclic) bond motifs is 1. The Morgan fingerprint density at radius 2 is 1.82 bits per heavy atom. The van der Waals surface area contributed by atoms with Gasteiger partial charge in [-0.1, -0.05) is 42.5 Å². The zero-order valence-electron chi connectivity index (χ0n) is 19.0. The summed E-state index contributed by atoms with van der Waals surface area (Å²) in [6, 6.07) is 22.4. The molecule has 0 saturated heterocycles. The van der Waals surface area contributed by atoms with Crippen LogP contribution in [-0.2, 0) is 13.2 Å². The van der Waals surface area contributed by atoms with Crippen molar-refractivity contribution in [3.8, 4) is 5.75 Å². The minimum absolute atomic E-state index is 0.248. The molecule has 33 heavy (non-hydrogen) atoms. The maximum Gasteiger partial charge on any atom is 0.132 e. The number of imidazole rings is 1. The van der Waals surface area contributed by atoms with E-state index in [2.05, 4.69) is 34.8 Å². The van der Waals surface area contributed by atoms with Crippen molar-refractivity contribution in [3.63, 3.8) is 0 Å². The Morgan fingerprint density at radius 1 is 1.06 bits per heavy atom. The van der Waals surface area contributed by atoms with Crippen LogP contribution in [0.4, 0.5) is 4.39 Å². The Labute approximate surface area is 193 Å². The Morgan fingerprint density at radius 3 is 2.61 bits per heavy atom. The normalized spacial score (nSPS) is 12.7. The molecule has 0 aliphatic heterocycles. The largest absolute Gasteiger partial charge is 0.489 e. The second kappa shape index (κ2) is 10.1. The average Bonchev–Trinajstić information content (AvgIpc) is 3.24. The SMILES string of the molecule is CC(C)(CCn1cnc2ccccc21)NCC(O)c1ccc(OCc2ccccc2)cc1F. The lowest BCUT2D eigenvalue weighted by Gasteiger charge is -2.28. The molecule has 4 rings (SSSR count). The van der Waals surface area contributed by atoms with Gasteiger partial charge >= 0.3 is 0 Å². The number of nitrogens with one attached hydrogen (secondary N) is 1. The van der Waals surface area contributed by atoms with Gasteiger partial charge in [0.25, 0.3) is 0 Å². The fourth-order valence-electron chi connectivity index (χ4n) is 3.77. The van der Waals surface area contributed by atoms with Crippen LogP contribution in [0, 0.1) is 5.82 Å². The maximum atomic E-state index is 14.7. The highest BCUT2D eigenvalue weighted by Gasteiger charge is 2.21. The summed E-state index contributed by atoms with van der Waals surface area (Å²) in [5, 5.41) is 14.0. The molecule has 3 aromatic carbocycles. The second-order valence-corrected chi connectivity index (χ2v) is 8.91. The number of β-amino-alcohol motifs (C(OH)–C–C–N with tert-alkyl or cyclic N) is 1. The molecule has 0 saturated carbocycles. The average molecular weight is 448 g/mol. The van der Waals surface area contributed by atoms with Crippen molar-refractivity contribution in [1.29, 1.82) is 0 Å². The number of aliphatic hydroxyl groups excluding tert-OH is 1. The fourth-order valence-corrected chi connectivity index (χ4v) is 3.77. The number of rotatable bonds is 10. The number of nitrogens with zero attached hydrogens (tertiary/aromatic N) is 2. The highest BCUT2D eigenvalue weighted by Crippen LogP contribution is 2.24. The van der Waals surface area contributed by atoms with Crippen LogP contribution in [0.15, 0.2) is 79.1 Å². The Kier molecular flexibility index (Phi) is 7.06. The summed E-state index contributed by atoms with van der Waals surface area (Å²) < 4.78 is 22.5. The van der Waals surface area contributed by atoms with E-state index in [4.69, 9.17) is 4.74 Å². The molecule has 0 aliphatic rings. The van der Waals surface area contributed by atoms with E-state index >= 15 is 0 Å². The Hall–Kier alpha value is -3.22. The molecular weight excluding hydrogens is 417 g/mol. The molecule has 2 N–H and O–H groups in total. The minimum Gasteiger partial charge on any atom is -0.489 e. The van der Waals surface area contributed by atoms with Gasteiger partial charge in [-0.25, -0.2) is 9.37 Å². The number of benzene rings is 3. The molecule has 1 aromatic heterocycles. The van der Waals surface area contributed by atoms with Crippen molar-refractivity contribution in [2.45, 2.75) is 45.1 Å². The smallest absolute Gasteiger partial charge is 0.132 e. The number of ether oxygens (including phenoxy) is 1. The zero-order valence-corrected chi connectivity index (χ0v) is 19.0. The summed E-state index contributed by atoms with van der Waals surface area (Å²) >= 11 is 0. The molecule has 6 heteroatoms. The third-order valence-corrected chi connectivity index (χ3v) is 5.86. The van der Waals surface area contributed by atoms with Crippen LogP contribution in [0.3, 0.4) is 0 Å². The van der Waals surface area contributed by atoms with E-state index in [1.807, 2.05) is 54.9 Å². The molecule has 4 aromatic rings. The molecule has 1 heterocycles. The van der Waals surface area contributed by atoms with Crippen molar-refractivity contribution in [1.82, 2.24) is 14.9 Å². The first kappa shape index (κ1) is 23.0. The summed E-state index contributed by atoms with van der Waals surface area (Å²) in [5.41, 5.74) is 3.10. The highest BCUT2D eigenvalue weighted by molar-refractivity contribution is 5.74. The summed E-state index contributed by atoms with van der Waals surface area (Å²) in [6.45, 7) is 5.56. The number of hydrogen-bond acceptors (Lipinski definition) is 4. The van der Waals surface area contributed by atoms with Crippen LogP contribution < -0.4 is 10.1 Å². The lowest BCUT2D eigenvalue weighted by molar-refractivity contribution is 0.154. The molecule has 0 spiro atoms. The standard InChI is InChI=1S/C27H30FN3O2/c1-27(2,14-15-31-19-29-24-10-6-7-11-25(24)31)30-17-26(32)22-13-12-21(16-23(22)28)33-18-20-8-4-3-5-9-20/h3-13,16,19,26,30,32H,14-15,17-18H2,1-2H3. The highest BCUT2D eigenvalue weighted by atomic mass is 19.1. The van der Waals surface area contributed by atoms with E-state index in [1.165, 1.54) is 6.07 Å². The van der Waals surface area contributed by atoms with Crippen molar-refractivity contribution < 1.29 is 14.2 Å². The van der Waals surface area contributed by atoms with E-state index in [1.54, 1.807) is 12.1 Å². The van der Waals surface area contributed by atoms with Crippen LogP contribution >= 0.6 is 0 Å². The van der Waals surface area contributed by atoms with Crippen LogP contribution in [0.5, 0.6) is 5.75 Å². The Bertz CT molecular complexity index is 1190. The van der Waals surface area contributed by atoms with Crippen LogP contribution in [0.25, 0.3) is 11.0 Å². The summed E-state index contributed by atoms with van der Waals surface area (Å²) in [7, 11) is 0. The number of halogens is 1. The monoisotopic (exact) mass is 447 g/mol. The number of aromatic nitrogens is 2. The van der Waals surface area contributed by atoms with Gasteiger partial charge in [-0.15, -0.1) is 0 Å². The zero-order chi connectivity index (χ0) is 23.3. The van der Waals surface area contributed by atoms with Crippen LogP contribution in [0.2, 0.25) is 0 Å². The molecule has 1 unspecified atom stereocenters. The maximum absolute atomic E-state index is 14.7. The van der Waals surface area contributed by atoms with Crippen molar-refractivity contribution in [2.24, 2.45) is 0 Å². The molecule has 5 nitrogen and oxygen atoms in total. The van der Waals surface area contributed by atoms with Gasteiger partial charge in [0.15, 0.2) is 0 Å². The third kappa shape index (κ3) is 5.97. The van der Waals surface area contributed by atoms with Gasteiger partial charge in [0.1, 0.15) is 18.2 Å². The first-order valence-corrected chi connectivity index (χ1v) is 11.2. The third-order valence-electron chi connectivity index (χ3n) is 5.86. The van der Waals surface area contributed by atoms with E-state index in [-0.39, 0.29) is 17.6 Å². The molecule has 0 radical (unpaired) electrons. The number of para-hydroxylation sites is 2. The van der Waals surface area contributed by atoms with Crippen LogP contribution in [0.1, 0.15) is 37.5 Å². The van der Waals surface area contributed by atoms with Gasteiger partial charge < -0.3 is 19.7 Å². The first-order valence-electron chi connectivity index (χ1n) is 11.2. The molecule has 0 fully saturated rings. The molecule has 0 bridgehead atoms. The molecular formula is C27H30FN3O2.